The third kappa shape index (κ3) is 4.80. The van der Waals surface area contributed by atoms with Crippen LogP contribution in [-0.2, 0) is 12.8 Å². The summed E-state index contributed by atoms with van der Waals surface area (Å²) in [4.78, 5) is 0. The average molecular weight is 381 g/mol. The molecule has 154 valence electrons. The zero-order valence-corrected chi connectivity index (χ0v) is 19.3. The van der Waals surface area contributed by atoms with Gasteiger partial charge in [-0.2, -0.15) is 0 Å². The van der Waals surface area contributed by atoms with Crippen LogP contribution in [-0.4, -0.2) is 5.11 Å². The van der Waals surface area contributed by atoms with Crippen molar-refractivity contribution >= 4 is 0 Å². The van der Waals surface area contributed by atoms with Gasteiger partial charge in [-0.15, -0.1) is 0 Å². The maximum atomic E-state index is 10.8. The van der Waals surface area contributed by atoms with E-state index >= 15 is 0 Å². The summed E-state index contributed by atoms with van der Waals surface area (Å²) in [5.41, 5.74) is 9.17. The molecule has 0 atom stereocenters. The highest BCUT2D eigenvalue weighted by Gasteiger charge is 2.20. The Labute approximate surface area is 173 Å². The Bertz CT molecular complexity index is 740. The van der Waals surface area contributed by atoms with Gasteiger partial charge in [0.25, 0.3) is 0 Å². The predicted molar refractivity (Wildman–Crippen MR) is 124 cm³/mol. The van der Waals surface area contributed by atoms with Gasteiger partial charge in [-0.1, -0.05) is 80.4 Å². The smallest absolute Gasteiger partial charge is 0.121 e. The minimum Gasteiger partial charge on any atom is -0.507 e. The minimum atomic E-state index is 0.462. The number of phenols is 1. The molecule has 28 heavy (non-hydrogen) atoms. The number of benzene rings is 2. The molecule has 1 N–H and O–H groups in total. The molecule has 0 radical (unpaired) electrons. The van der Waals surface area contributed by atoms with Gasteiger partial charge >= 0.3 is 0 Å². The molecule has 1 nitrogen and oxygen atoms in total. The third-order valence-corrected chi connectivity index (χ3v) is 5.73. The van der Waals surface area contributed by atoms with Crippen molar-refractivity contribution in [3.8, 4) is 16.9 Å². The lowest BCUT2D eigenvalue weighted by molar-refractivity contribution is 0.460. The molecule has 0 aliphatic rings. The average Bonchev–Trinajstić information content (AvgIpc) is 2.63. The summed E-state index contributed by atoms with van der Waals surface area (Å²) < 4.78 is 0. The number of rotatable bonds is 8. The summed E-state index contributed by atoms with van der Waals surface area (Å²) in [6.45, 7) is 18.1. The van der Waals surface area contributed by atoms with Gasteiger partial charge in [-0.05, 0) is 81.7 Å². The van der Waals surface area contributed by atoms with E-state index in [9.17, 15) is 5.11 Å². The largest absolute Gasteiger partial charge is 0.507 e. The molecule has 0 spiro atoms. The van der Waals surface area contributed by atoms with Gasteiger partial charge in [0.1, 0.15) is 5.75 Å². The van der Waals surface area contributed by atoms with Crippen LogP contribution < -0.4 is 0 Å². The first-order valence-electron chi connectivity index (χ1n) is 11.2. The van der Waals surface area contributed by atoms with E-state index in [1.807, 2.05) is 0 Å². The highest BCUT2D eigenvalue weighted by molar-refractivity contribution is 5.75. The quantitative estimate of drug-likeness (QED) is 0.488. The van der Waals surface area contributed by atoms with Crippen LogP contribution in [0.3, 0.4) is 0 Å². The van der Waals surface area contributed by atoms with Crippen molar-refractivity contribution in [2.24, 2.45) is 0 Å². The van der Waals surface area contributed by atoms with Crippen LogP contribution >= 0.6 is 0 Å². The SMILES string of the molecule is CCCc1cc(-c2c(C(C)C)cc(C(C)C)cc2C(C)C)cc(CCC)c1O. The molecule has 0 saturated heterocycles. The Morgan fingerprint density at radius 2 is 1.11 bits per heavy atom. The summed E-state index contributed by atoms with van der Waals surface area (Å²) in [5.74, 6) is 1.96. The predicted octanol–water partition coefficient (Wildman–Crippen LogP) is 8.33. The fraction of sp³-hybridized carbons (Fsp3) is 0.556. The van der Waals surface area contributed by atoms with Crippen molar-refractivity contribution in [3.05, 3.63) is 52.1 Å². The number of aromatic hydroxyl groups is 1. The van der Waals surface area contributed by atoms with E-state index in [0.717, 1.165) is 36.8 Å². The fourth-order valence-corrected chi connectivity index (χ4v) is 4.11. The lowest BCUT2D eigenvalue weighted by Gasteiger charge is -2.24. The van der Waals surface area contributed by atoms with Crippen LogP contribution in [0.2, 0.25) is 0 Å². The second-order valence-electron chi connectivity index (χ2n) is 9.18. The van der Waals surface area contributed by atoms with Crippen LogP contribution in [0.5, 0.6) is 5.75 Å². The molecule has 0 aliphatic heterocycles. The molecular weight excluding hydrogens is 340 g/mol. The van der Waals surface area contributed by atoms with E-state index in [2.05, 4.69) is 79.7 Å². The Balaban J connectivity index is 2.85. The Kier molecular flexibility index (Phi) is 7.75. The Morgan fingerprint density at radius 3 is 1.43 bits per heavy atom. The molecule has 0 aromatic heterocycles. The monoisotopic (exact) mass is 380 g/mol. The summed E-state index contributed by atoms with van der Waals surface area (Å²) >= 11 is 0. The van der Waals surface area contributed by atoms with Gasteiger partial charge in [0.15, 0.2) is 0 Å². The lowest BCUT2D eigenvalue weighted by Crippen LogP contribution is -2.04. The van der Waals surface area contributed by atoms with Gasteiger partial charge in [0, 0.05) is 0 Å². The maximum absolute atomic E-state index is 10.8. The lowest BCUT2D eigenvalue weighted by atomic mass is 9.80. The molecule has 0 amide bonds. The standard InChI is InChI=1S/C27H40O/c1-9-11-20-13-23(14-21(12-10-2)27(20)28)26-24(18(5)6)15-22(17(3)4)16-25(26)19(7)8/h13-19,28H,9-12H2,1-8H3. The fourth-order valence-electron chi connectivity index (χ4n) is 4.11. The number of hydrogen-bond donors (Lipinski definition) is 1. The first-order chi connectivity index (χ1) is 13.2. The highest BCUT2D eigenvalue weighted by atomic mass is 16.3. The van der Waals surface area contributed by atoms with Crippen LogP contribution in [0, 0.1) is 0 Å². The number of aryl methyl sites for hydroxylation is 2. The number of hydrogen-bond acceptors (Lipinski definition) is 1. The van der Waals surface area contributed by atoms with Crippen molar-refractivity contribution < 1.29 is 5.11 Å². The van der Waals surface area contributed by atoms with Gasteiger partial charge in [-0.25, -0.2) is 0 Å². The molecule has 1 heteroatoms. The number of phenolic OH excluding ortho intramolecular Hbond substituents is 1. The molecular formula is C27H40O. The van der Waals surface area contributed by atoms with Crippen molar-refractivity contribution in [1.29, 1.82) is 0 Å². The molecule has 0 heterocycles. The molecule has 0 aliphatic carbocycles. The van der Waals surface area contributed by atoms with E-state index in [1.54, 1.807) is 0 Å². The molecule has 2 rings (SSSR count). The minimum absolute atomic E-state index is 0.462. The zero-order valence-electron chi connectivity index (χ0n) is 19.3. The van der Waals surface area contributed by atoms with E-state index in [1.165, 1.54) is 27.8 Å². The summed E-state index contributed by atoms with van der Waals surface area (Å²) in [5, 5.41) is 10.8. The van der Waals surface area contributed by atoms with Gasteiger partial charge in [-0.3, -0.25) is 0 Å². The maximum Gasteiger partial charge on any atom is 0.121 e. The van der Waals surface area contributed by atoms with Crippen molar-refractivity contribution in [2.45, 2.75) is 98.8 Å². The van der Waals surface area contributed by atoms with E-state index in [-0.39, 0.29) is 0 Å². The summed E-state index contributed by atoms with van der Waals surface area (Å²) in [7, 11) is 0. The van der Waals surface area contributed by atoms with Crippen molar-refractivity contribution in [3.63, 3.8) is 0 Å². The summed E-state index contributed by atoms with van der Waals surface area (Å²) in [6, 6.07) is 9.34. The summed E-state index contributed by atoms with van der Waals surface area (Å²) in [6.07, 6.45) is 3.94. The first kappa shape index (κ1) is 22.5. The molecule has 2 aromatic rings. The van der Waals surface area contributed by atoms with E-state index in [4.69, 9.17) is 0 Å². The van der Waals surface area contributed by atoms with Crippen LogP contribution in [0.15, 0.2) is 24.3 Å². The molecule has 0 bridgehead atoms. The molecule has 0 saturated carbocycles. The molecule has 0 fully saturated rings. The Morgan fingerprint density at radius 1 is 0.679 bits per heavy atom. The molecule has 0 unspecified atom stereocenters. The van der Waals surface area contributed by atoms with Gasteiger partial charge in [0.2, 0.25) is 0 Å². The van der Waals surface area contributed by atoms with Crippen LogP contribution in [0.4, 0.5) is 0 Å². The van der Waals surface area contributed by atoms with Crippen LogP contribution in [0.25, 0.3) is 11.1 Å². The van der Waals surface area contributed by atoms with Gasteiger partial charge in [0.05, 0.1) is 0 Å². The van der Waals surface area contributed by atoms with Crippen molar-refractivity contribution in [1.82, 2.24) is 0 Å². The van der Waals surface area contributed by atoms with Gasteiger partial charge < -0.3 is 5.11 Å². The topological polar surface area (TPSA) is 20.2 Å². The third-order valence-electron chi connectivity index (χ3n) is 5.73. The normalized spacial score (nSPS) is 11.8. The second kappa shape index (κ2) is 9.63. The van der Waals surface area contributed by atoms with E-state index < -0.39 is 0 Å². The second-order valence-corrected chi connectivity index (χ2v) is 9.18. The van der Waals surface area contributed by atoms with Crippen LogP contribution in [0.1, 0.15) is 114 Å². The first-order valence-corrected chi connectivity index (χ1v) is 11.2. The van der Waals surface area contributed by atoms with Crippen molar-refractivity contribution in [2.75, 3.05) is 0 Å². The highest BCUT2D eigenvalue weighted by Crippen LogP contribution is 2.41. The van der Waals surface area contributed by atoms with E-state index in [0.29, 0.717) is 23.5 Å². The molecule has 2 aromatic carbocycles. The Hall–Kier alpha value is -1.76. The zero-order chi connectivity index (χ0) is 21.0.